The molecule has 1 aromatic heterocycles. The summed E-state index contributed by atoms with van der Waals surface area (Å²) >= 11 is 0. The molecular weight excluding hydrogens is 218 g/mol. The van der Waals surface area contributed by atoms with Gasteiger partial charge in [-0.15, -0.1) is 0 Å². The molecule has 1 aromatic carbocycles. The minimum Gasteiger partial charge on any atom is -0.493 e. The Labute approximate surface area is 99.2 Å². The van der Waals surface area contributed by atoms with Gasteiger partial charge in [0, 0.05) is 10.9 Å². The number of benzene rings is 1. The second-order valence-corrected chi connectivity index (χ2v) is 3.91. The molecule has 0 spiro atoms. The number of fused-ring (bicyclic) bond motifs is 1. The SMILES string of the molecule is CCCCOc1cccc2[nH]c(C(=O)O)cc12. The van der Waals surface area contributed by atoms with E-state index in [2.05, 4.69) is 11.9 Å². The lowest BCUT2D eigenvalue weighted by Gasteiger charge is -2.05. The Hall–Kier alpha value is -1.97. The lowest BCUT2D eigenvalue weighted by atomic mass is 10.2. The van der Waals surface area contributed by atoms with Crippen molar-refractivity contribution in [2.24, 2.45) is 0 Å². The molecule has 1 heterocycles. The Kier molecular flexibility index (Phi) is 3.32. The number of aromatic amines is 1. The molecule has 4 heteroatoms. The molecule has 0 bridgehead atoms. The van der Waals surface area contributed by atoms with Crippen molar-refractivity contribution in [2.75, 3.05) is 6.61 Å². The molecule has 0 saturated heterocycles. The third kappa shape index (κ3) is 2.41. The Morgan fingerprint density at radius 2 is 2.29 bits per heavy atom. The second kappa shape index (κ2) is 4.91. The molecule has 0 atom stereocenters. The smallest absolute Gasteiger partial charge is 0.352 e. The molecule has 0 aliphatic carbocycles. The van der Waals surface area contributed by atoms with Crippen LogP contribution in [0.4, 0.5) is 0 Å². The average Bonchev–Trinajstić information content (AvgIpc) is 2.74. The van der Waals surface area contributed by atoms with Gasteiger partial charge in [0.15, 0.2) is 0 Å². The third-order valence-electron chi connectivity index (χ3n) is 2.61. The van der Waals surface area contributed by atoms with Gasteiger partial charge in [0.1, 0.15) is 11.4 Å². The first-order chi connectivity index (χ1) is 8.22. The van der Waals surface area contributed by atoms with Crippen molar-refractivity contribution in [3.05, 3.63) is 30.0 Å². The van der Waals surface area contributed by atoms with E-state index in [-0.39, 0.29) is 5.69 Å². The van der Waals surface area contributed by atoms with Gasteiger partial charge >= 0.3 is 5.97 Å². The van der Waals surface area contributed by atoms with Crippen molar-refractivity contribution in [1.82, 2.24) is 4.98 Å². The van der Waals surface area contributed by atoms with Crippen molar-refractivity contribution in [2.45, 2.75) is 19.8 Å². The van der Waals surface area contributed by atoms with E-state index in [1.807, 2.05) is 18.2 Å². The fourth-order valence-electron chi connectivity index (χ4n) is 1.69. The lowest BCUT2D eigenvalue weighted by Crippen LogP contribution is -1.96. The van der Waals surface area contributed by atoms with Crippen LogP contribution < -0.4 is 4.74 Å². The number of carbonyl (C=O) groups is 1. The van der Waals surface area contributed by atoms with E-state index in [1.54, 1.807) is 6.07 Å². The van der Waals surface area contributed by atoms with Gasteiger partial charge in [0.2, 0.25) is 0 Å². The first-order valence-electron chi connectivity index (χ1n) is 5.70. The lowest BCUT2D eigenvalue weighted by molar-refractivity contribution is 0.0691. The zero-order valence-electron chi connectivity index (χ0n) is 9.69. The molecule has 2 rings (SSSR count). The van der Waals surface area contributed by atoms with E-state index < -0.39 is 5.97 Å². The number of nitrogens with one attached hydrogen (secondary N) is 1. The van der Waals surface area contributed by atoms with Crippen LogP contribution in [0.2, 0.25) is 0 Å². The van der Waals surface area contributed by atoms with E-state index in [1.165, 1.54) is 0 Å². The van der Waals surface area contributed by atoms with E-state index >= 15 is 0 Å². The van der Waals surface area contributed by atoms with Crippen molar-refractivity contribution in [3.63, 3.8) is 0 Å². The van der Waals surface area contributed by atoms with E-state index in [0.717, 1.165) is 29.5 Å². The Balaban J connectivity index is 2.32. The highest BCUT2D eigenvalue weighted by molar-refractivity contribution is 5.96. The highest BCUT2D eigenvalue weighted by Gasteiger charge is 2.10. The predicted octanol–water partition coefficient (Wildman–Crippen LogP) is 3.05. The topological polar surface area (TPSA) is 62.3 Å². The summed E-state index contributed by atoms with van der Waals surface area (Å²) in [5.74, 6) is -0.222. The molecule has 90 valence electrons. The summed E-state index contributed by atoms with van der Waals surface area (Å²) in [4.78, 5) is 13.7. The quantitative estimate of drug-likeness (QED) is 0.780. The first-order valence-corrected chi connectivity index (χ1v) is 5.70. The molecule has 0 amide bonds. The zero-order valence-corrected chi connectivity index (χ0v) is 9.69. The Bertz CT molecular complexity index is 530. The largest absolute Gasteiger partial charge is 0.493 e. The maximum absolute atomic E-state index is 10.9. The molecule has 0 radical (unpaired) electrons. The minimum atomic E-state index is -0.958. The number of carboxylic acid groups (broad SMARTS) is 1. The highest BCUT2D eigenvalue weighted by atomic mass is 16.5. The van der Waals surface area contributed by atoms with Crippen LogP contribution in [0.1, 0.15) is 30.3 Å². The number of unbranched alkanes of at least 4 members (excludes halogenated alkanes) is 1. The van der Waals surface area contributed by atoms with Crippen LogP contribution in [0, 0.1) is 0 Å². The highest BCUT2D eigenvalue weighted by Crippen LogP contribution is 2.26. The van der Waals surface area contributed by atoms with Crippen LogP contribution in [0.3, 0.4) is 0 Å². The molecule has 2 aromatic rings. The first kappa shape index (κ1) is 11.5. The summed E-state index contributed by atoms with van der Waals surface area (Å²) in [6, 6.07) is 7.16. The number of rotatable bonds is 5. The second-order valence-electron chi connectivity index (χ2n) is 3.91. The number of hydrogen-bond acceptors (Lipinski definition) is 2. The molecule has 0 unspecified atom stereocenters. The van der Waals surface area contributed by atoms with E-state index in [0.29, 0.717) is 6.61 Å². The molecule has 0 aliphatic heterocycles. The van der Waals surface area contributed by atoms with Crippen molar-refractivity contribution >= 4 is 16.9 Å². The van der Waals surface area contributed by atoms with Crippen LogP contribution in [0.15, 0.2) is 24.3 Å². The summed E-state index contributed by atoms with van der Waals surface area (Å²) in [6.07, 6.45) is 2.07. The summed E-state index contributed by atoms with van der Waals surface area (Å²) in [5.41, 5.74) is 0.975. The normalized spacial score (nSPS) is 10.6. The summed E-state index contributed by atoms with van der Waals surface area (Å²) in [6.45, 7) is 2.76. The molecule has 4 nitrogen and oxygen atoms in total. The van der Waals surface area contributed by atoms with Gasteiger partial charge in [-0.1, -0.05) is 19.4 Å². The molecule has 17 heavy (non-hydrogen) atoms. The Morgan fingerprint density at radius 1 is 1.47 bits per heavy atom. The molecular formula is C13H15NO3. The Morgan fingerprint density at radius 3 is 3.00 bits per heavy atom. The van der Waals surface area contributed by atoms with Gasteiger partial charge < -0.3 is 14.8 Å². The van der Waals surface area contributed by atoms with Gasteiger partial charge in [-0.2, -0.15) is 0 Å². The van der Waals surface area contributed by atoms with Crippen LogP contribution in [0.5, 0.6) is 5.75 Å². The van der Waals surface area contributed by atoms with Crippen molar-refractivity contribution in [3.8, 4) is 5.75 Å². The fraction of sp³-hybridized carbons (Fsp3) is 0.308. The third-order valence-corrected chi connectivity index (χ3v) is 2.61. The molecule has 0 aliphatic rings. The van der Waals surface area contributed by atoms with Gasteiger partial charge in [-0.05, 0) is 24.6 Å². The number of aromatic nitrogens is 1. The predicted molar refractivity (Wildman–Crippen MR) is 65.7 cm³/mol. The van der Waals surface area contributed by atoms with Crippen molar-refractivity contribution in [1.29, 1.82) is 0 Å². The van der Waals surface area contributed by atoms with E-state index in [9.17, 15) is 4.79 Å². The van der Waals surface area contributed by atoms with Crippen LogP contribution in [-0.2, 0) is 0 Å². The van der Waals surface area contributed by atoms with Crippen molar-refractivity contribution < 1.29 is 14.6 Å². The summed E-state index contributed by atoms with van der Waals surface area (Å²) in [7, 11) is 0. The minimum absolute atomic E-state index is 0.187. The summed E-state index contributed by atoms with van der Waals surface area (Å²) < 4.78 is 5.64. The van der Waals surface area contributed by atoms with Crippen LogP contribution in [-0.4, -0.2) is 22.7 Å². The zero-order chi connectivity index (χ0) is 12.3. The standard InChI is InChI=1S/C13H15NO3/c1-2-3-7-17-12-6-4-5-10-9(12)8-11(14-10)13(15)16/h4-6,8,14H,2-3,7H2,1H3,(H,15,16). The number of H-pyrrole nitrogens is 1. The van der Waals surface area contributed by atoms with Crippen LogP contribution in [0.25, 0.3) is 10.9 Å². The maximum atomic E-state index is 10.9. The van der Waals surface area contributed by atoms with Gasteiger partial charge in [-0.25, -0.2) is 4.79 Å². The van der Waals surface area contributed by atoms with Crippen LogP contribution >= 0.6 is 0 Å². The molecule has 0 saturated carbocycles. The number of ether oxygens (including phenoxy) is 1. The van der Waals surface area contributed by atoms with Gasteiger partial charge in [0.25, 0.3) is 0 Å². The maximum Gasteiger partial charge on any atom is 0.352 e. The number of hydrogen-bond donors (Lipinski definition) is 2. The monoisotopic (exact) mass is 233 g/mol. The number of carboxylic acids is 1. The fourth-order valence-corrected chi connectivity index (χ4v) is 1.69. The summed E-state index contributed by atoms with van der Waals surface area (Å²) in [5, 5.41) is 9.74. The van der Waals surface area contributed by atoms with Gasteiger partial charge in [0.05, 0.1) is 6.61 Å². The number of aromatic carboxylic acids is 1. The van der Waals surface area contributed by atoms with E-state index in [4.69, 9.17) is 9.84 Å². The molecule has 2 N–H and O–H groups in total. The van der Waals surface area contributed by atoms with Gasteiger partial charge in [-0.3, -0.25) is 0 Å². The molecule has 0 fully saturated rings. The average molecular weight is 233 g/mol.